The Morgan fingerprint density at radius 1 is 0.800 bits per heavy atom. The Morgan fingerprint density at radius 2 is 1.32 bits per heavy atom. The highest BCUT2D eigenvalue weighted by Crippen LogP contribution is 2.44. The number of rotatable bonds is 9. The molecule has 3 N–H and O–H groups in total. The SMILES string of the molecule is COCCC(=O)NCc1ccc(NC[C@@](O)(c2cc(C(F)(F)F)cc(C(F)(F)F)c2)C(F)(F)F)cc1C(F)(F)F. The van der Waals surface area contributed by atoms with Gasteiger partial charge in [-0.15, -0.1) is 0 Å². The fourth-order valence-electron chi connectivity index (χ4n) is 3.37. The summed E-state index contributed by atoms with van der Waals surface area (Å²) in [6, 6.07) is 0.787. The summed E-state index contributed by atoms with van der Waals surface area (Å²) in [6.45, 7) is -2.53. The van der Waals surface area contributed by atoms with Gasteiger partial charge in [-0.05, 0) is 41.5 Å². The van der Waals surface area contributed by atoms with Crippen molar-refractivity contribution in [2.45, 2.75) is 43.3 Å². The van der Waals surface area contributed by atoms with Gasteiger partial charge >= 0.3 is 24.7 Å². The number of hydrogen-bond donors (Lipinski definition) is 3. The number of hydrogen-bond acceptors (Lipinski definition) is 4. The molecule has 2 aromatic carbocycles. The van der Waals surface area contributed by atoms with Gasteiger partial charge in [0.2, 0.25) is 11.5 Å². The number of halogens is 12. The number of alkyl halides is 12. The summed E-state index contributed by atoms with van der Waals surface area (Å²) in [5.74, 6) is -0.674. The number of amides is 1. The molecule has 1 amide bonds. The first-order chi connectivity index (χ1) is 18.1. The summed E-state index contributed by atoms with van der Waals surface area (Å²) in [7, 11) is 1.28. The van der Waals surface area contributed by atoms with E-state index in [1.807, 2.05) is 0 Å². The van der Waals surface area contributed by atoms with Crippen LogP contribution in [0.5, 0.6) is 0 Å². The van der Waals surface area contributed by atoms with Gasteiger partial charge in [0.1, 0.15) is 0 Å². The molecule has 0 unspecified atom stereocenters. The molecular weight excluding hydrogens is 580 g/mol. The molecule has 0 heterocycles. The standard InChI is InChI=1S/C23H20F12N2O3/c1-40-5-4-18(38)36-10-12-2-3-16(9-17(12)22(30,31)32)37-11-19(39,23(33,34)35)13-6-14(20(24,25)26)8-15(7-13)21(27,28)29/h2-3,6-9,37,39H,4-5,10-11H2,1H3,(H,36,38)/t19-/m1/s1. The van der Waals surface area contributed by atoms with E-state index < -0.39 is 88.9 Å². The lowest BCUT2D eigenvalue weighted by Gasteiger charge is -2.32. The second-order valence-corrected chi connectivity index (χ2v) is 8.40. The van der Waals surface area contributed by atoms with Gasteiger partial charge in [0, 0.05) is 25.8 Å². The maximum Gasteiger partial charge on any atom is 0.423 e. The Hall–Kier alpha value is -3.21. The van der Waals surface area contributed by atoms with Gasteiger partial charge in [0.15, 0.2) is 0 Å². The Balaban J connectivity index is 2.47. The smallest absolute Gasteiger partial charge is 0.384 e. The molecule has 0 radical (unpaired) electrons. The van der Waals surface area contributed by atoms with E-state index in [-0.39, 0.29) is 25.2 Å². The second-order valence-electron chi connectivity index (χ2n) is 8.40. The Morgan fingerprint density at radius 3 is 1.77 bits per heavy atom. The molecule has 2 rings (SSSR count). The van der Waals surface area contributed by atoms with Crippen LogP contribution in [-0.4, -0.2) is 37.5 Å². The molecule has 0 aromatic heterocycles. The number of carbonyl (C=O) groups is 1. The average Bonchev–Trinajstić information content (AvgIpc) is 2.82. The number of carbonyl (C=O) groups excluding carboxylic acids is 1. The summed E-state index contributed by atoms with van der Waals surface area (Å²) in [5.41, 5.74) is -13.2. The third-order valence-corrected chi connectivity index (χ3v) is 5.51. The van der Waals surface area contributed by atoms with Crippen LogP contribution in [0, 0.1) is 0 Å². The van der Waals surface area contributed by atoms with E-state index in [2.05, 4.69) is 10.1 Å². The molecule has 0 aliphatic rings. The van der Waals surface area contributed by atoms with Crippen LogP contribution in [0.4, 0.5) is 58.4 Å². The van der Waals surface area contributed by atoms with Crippen LogP contribution in [-0.2, 0) is 40.2 Å². The number of methoxy groups -OCH3 is 1. The zero-order valence-corrected chi connectivity index (χ0v) is 20.1. The Kier molecular flexibility index (Phi) is 9.67. The first-order valence-electron chi connectivity index (χ1n) is 10.9. The molecule has 40 heavy (non-hydrogen) atoms. The van der Waals surface area contributed by atoms with Crippen molar-refractivity contribution in [1.82, 2.24) is 5.32 Å². The predicted molar refractivity (Wildman–Crippen MR) is 115 cm³/mol. The van der Waals surface area contributed by atoms with E-state index in [0.717, 1.165) is 12.1 Å². The number of benzene rings is 2. The lowest BCUT2D eigenvalue weighted by molar-refractivity contribution is -0.261. The van der Waals surface area contributed by atoms with Gasteiger partial charge in [0.25, 0.3) is 0 Å². The third kappa shape index (κ3) is 8.16. The molecule has 17 heteroatoms. The molecule has 0 aliphatic carbocycles. The van der Waals surface area contributed by atoms with Crippen molar-refractivity contribution >= 4 is 11.6 Å². The molecule has 5 nitrogen and oxygen atoms in total. The lowest BCUT2D eigenvalue weighted by atomic mass is 9.89. The molecule has 224 valence electrons. The van der Waals surface area contributed by atoms with Crippen molar-refractivity contribution in [3.63, 3.8) is 0 Å². The third-order valence-electron chi connectivity index (χ3n) is 5.51. The number of nitrogens with one attached hydrogen (secondary N) is 2. The van der Waals surface area contributed by atoms with Crippen molar-refractivity contribution in [2.75, 3.05) is 25.6 Å². The molecule has 2 aromatic rings. The van der Waals surface area contributed by atoms with E-state index in [1.54, 1.807) is 5.32 Å². The minimum atomic E-state index is -5.88. The van der Waals surface area contributed by atoms with Crippen molar-refractivity contribution in [3.05, 3.63) is 64.2 Å². The zero-order valence-electron chi connectivity index (χ0n) is 20.1. The van der Waals surface area contributed by atoms with Crippen molar-refractivity contribution in [3.8, 4) is 0 Å². The summed E-state index contributed by atoms with van der Waals surface area (Å²) >= 11 is 0. The summed E-state index contributed by atoms with van der Waals surface area (Å²) in [5, 5.41) is 14.3. The van der Waals surface area contributed by atoms with Crippen molar-refractivity contribution < 1.29 is 67.3 Å². The fourth-order valence-corrected chi connectivity index (χ4v) is 3.37. The Labute approximate surface area is 218 Å². The number of ether oxygens (including phenoxy) is 1. The van der Waals surface area contributed by atoms with Gasteiger partial charge in [-0.2, -0.15) is 52.7 Å². The van der Waals surface area contributed by atoms with Crippen LogP contribution < -0.4 is 10.6 Å². The van der Waals surface area contributed by atoms with Crippen LogP contribution >= 0.6 is 0 Å². The van der Waals surface area contributed by atoms with E-state index in [1.165, 1.54) is 7.11 Å². The fraction of sp³-hybridized carbons (Fsp3) is 0.435. The molecule has 0 spiro atoms. The first kappa shape index (κ1) is 33.0. The molecular formula is C23H20F12N2O3. The van der Waals surface area contributed by atoms with Crippen LogP contribution in [0.3, 0.4) is 0 Å². The molecule has 0 bridgehead atoms. The van der Waals surface area contributed by atoms with E-state index >= 15 is 0 Å². The second kappa shape index (κ2) is 11.7. The van der Waals surface area contributed by atoms with Crippen molar-refractivity contribution in [2.24, 2.45) is 0 Å². The van der Waals surface area contributed by atoms with E-state index in [4.69, 9.17) is 0 Å². The topological polar surface area (TPSA) is 70.6 Å². The zero-order chi connectivity index (χ0) is 30.7. The number of aliphatic hydroxyl groups is 1. The monoisotopic (exact) mass is 600 g/mol. The molecule has 0 saturated carbocycles. The van der Waals surface area contributed by atoms with Crippen LogP contribution in [0.25, 0.3) is 0 Å². The van der Waals surface area contributed by atoms with Crippen LogP contribution in [0.1, 0.15) is 34.2 Å². The molecule has 0 aliphatic heterocycles. The number of anilines is 1. The largest absolute Gasteiger partial charge is 0.423 e. The van der Waals surface area contributed by atoms with Gasteiger partial charge in [-0.3, -0.25) is 4.79 Å². The van der Waals surface area contributed by atoms with Gasteiger partial charge in [-0.25, -0.2) is 0 Å². The quantitative estimate of drug-likeness (QED) is 0.298. The highest BCUT2D eigenvalue weighted by Gasteiger charge is 2.56. The van der Waals surface area contributed by atoms with Gasteiger partial charge < -0.3 is 20.5 Å². The first-order valence-corrected chi connectivity index (χ1v) is 10.9. The highest BCUT2D eigenvalue weighted by atomic mass is 19.4. The van der Waals surface area contributed by atoms with E-state index in [0.29, 0.717) is 6.07 Å². The predicted octanol–water partition coefficient (Wildman–Crippen LogP) is 6.26. The molecule has 0 fully saturated rings. The average molecular weight is 600 g/mol. The maximum absolute atomic E-state index is 13.9. The van der Waals surface area contributed by atoms with Crippen LogP contribution in [0.2, 0.25) is 0 Å². The normalized spacial score (nSPS) is 14.6. The van der Waals surface area contributed by atoms with Gasteiger partial charge in [0.05, 0.1) is 29.8 Å². The van der Waals surface area contributed by atoms with E-state index in [9.17, 15) is 62.6 Å². The highest BCUT2D eigenvalue weighted by molar-refractivity contribution is 5.76. The van der Waals surface area contributed by atoms with Crippen LogP contribution in [0.15, 0.2) is 36.4 Å². The lowest BCUT2D eigenvalue weighted by Crippen LogP contribution is -2.48. The summed E-state index contributed by atoms with van der Waals surface area (Å²) in [4.78, 5) is 11.7. The minimum absolute atomic E-state index is 0.0285. The molecule has 0 saturated heterocycles. The summed E-state index contributed by atoms with van der Waals surface area (Å²) in [6.07, 6.45) is -22.2. The summed E-state index contributed by atoms with van der Waals surface area (Å²) < 4.78 is 166. The van der Waals surface area contributed by atoms with Gasteiger partial charge in [-0.1, -0.05) is 6.07 Å². The molecule has 1 atom stereocenters. The van der Waals surface area contributed by atoms with Crippen molar-refractivity contribution in [1.29, 1.82) is 0 Å². The minimum Gasteiger partial charge on any atom is -0.384 e. The maximum atomic E-state index is 13.9. The Bertz CT molecular complexity index is 1160.